The summed E-state index contributed by atoms with van der Waals surface area (Å²) in [4.78, 5) is 17.5. The number of carbonyl (C=O) groups excluding carboxylic acids is 1. The molecule has 22 heavy (non-hydrogen) atoms. The number of aromatic nitrogens is 2. The molecule has 2 heterocycles. The smallest absolute Gasteiger partial charge is 0.225 e. The number of nitrogens with zero attached hydrogens (tertiary/aromatic N) is 2. The van der Waals surface area contributed by atoms with Crippen LogP contribution in [-0.2, 0) is 24.7 Å². The molecule has 0 saturated heterocycles. The molecule has 0 aliphatic heterocycles. The maximum atomic E-state index is 11.8. The molecule has 0 unspecified atom stereocenters. The highest BCUT2D eigenvalue weighted by molar-refractivity contribution is 7.10. The molecule has 0 bridgehead atoms. The molecule has 0 atom stereocenters. The lowest BCUT2D eigenvalue weighted by molar-refractivity contribution is -0.120. The Morgan fingerprint density at radius 1 is 1.36 bits per heavy atom. The van der Waals surface area contributed by atoms with Gasteiger partial charge in [0.25, 0.3) is 0 Å². The van der Waals surface area contributed by atoms with Crippen molar-refractivity contribution in [1.29, 1.82) is 0 Å². The van der Waals surface area contributed by atoms with E-state index in [1.165, 1.54) is 5.56 Å². The van der Waals surface area contributed by atoms with Gasteiger partial charge < -0.3 is 9.88 Å². The molecule has 0 radical (unpaired) electrons. The van der Waals surface area contributed by atoms with E-state index in [2.05, 4.69) is 33.1 Å². The Morgan fingerprint density at radius 2 is 2.23 bits per heavy atom. The van der Waals surface area contributed by atoms with Crippen molar-refractivity contribution in [2.24, 2.45) is 7.05 Å². The average Bonchev–Trinajstić information content (AvgIpc) is 3.08. The molecule has 1 amide bonds. The first kappa shape index (κ1) is 14.8. The predicted octanol–water partition coefficient (Wildman–Crippen LogP) is 2.84. The van der Waals surface area contributed by atoms with Crippen LogP contribution in [0, 0.1) is 6.92 Å². The number of carbonyl (C=O) groups is 1. The molecule has 0 aliphatic rings. The third kappa shape index (κ3) is 3.20. The first-order chi connectivity index (χ1) is 10.6. The fourth-order valence-electron chi connectivity index (χ4n) is 2.50. The molecule has 0 saturated carbocycles. The summed E-state index contributed by atoms with van der Waals surface area (Å²) in [7, 11) is 2.02. The summed E-state index contributed by atoms with van der Waals surface area (Å²) in [6.45, 7) is 2.66. The summed E-state index contributed by atoms with van der Waals surface area (Å²) in [5.74, 6) is 1.09. The fourth-order valence-corrected chi connectivity index (χ4v) is 3.20. The lowest BCUT2D eigenvalue weighted by Gasteiger charge is -2.05. The number of fused-ring (bicyclic) bond motifs is 1. The second-order valence-electron chi connectivity index (χ2n) is 5.40. The molecule has 2 aromatic heterocycles. The number of hydrogen-bond donors (Lipinski definition) is 1. The highest BCUT2D eigenvalue weighted by atomic mass is 32.1. The number of nitrogens with one attached hydrogen (secondary N) is 1. The minimum Gasteiger partial charge on any atom is -0.355 e. The summed E-state index contributed by atoms with van der Waals surface area (Å²) in [5, 5.41) is 4.97. The lowest BCUT2D eigenvalue weighted by atomic mass is 10.1. The van der Waals surface area contributed by atoms with Gasteiger partial charge in [0.15, 0.2) is 0 Å². The molecule has 4 nitrogen and oxygen atoms in total. The van der Waals surface area contributed by atoms with Gasteiger partial charge in [-0.2, -0.15) is 0 Å². The molecule has 0 fully saturated rings. The molecule has 1 N–H and O–H groups in total. The van der Waals surface area contributed by atoms with E-state index in [-0.39, 0.29) is 5.91 Å². The average molecular weight is 313 g/mol. The zero-order valence-electron chi connectivity index (χ0n) is 12.8. The first-order valence-corrected chi connectivity index (χ1v) is 8.22. The van der Waals surface area contributed by atoms with Gasteiger partial charge in [0.1, 0.15) is 5.82 Å². The van der Waals surface area contributed by atoms with Crippen molar-refractivity contribution < 1.29 is 4.79 Å². The normalized spacial score (nSPS) is 11.0. The minimum atomic E-state index is 0.0807. The van der Waals surface area contributed by atoms with Gasteiger partial charge in [-0.1, -0.05) is 12.1 Å². The van der Waals surface area contributed by atoms with Crippen LogP contribution in [0.5, 0.6) is 0 Å². The Labute approximate surface area is 133 Å². The molecular formula is C17H19N3OS. The summed E-state index contributed by atoms with van der Waals surface area (Å²) in [6, 6.07) is 10.3. The van der Waals surface area contributed by atoms with Crippen LogP contribution in [0.2, 0.25) is 0 Å². The van der Waals surface area contributed by atoms with E-state index in [9.17, 15) is 4.79 Å². The van der Waals surface area contributed by atoms with E-state index < -0.39 is 0 Å². The van der Waals surface area contributed by atoms with Crippen LogP contribution in [-0.4, -0.2) is 22.0 Å². The van der Waals surface area contributed by atoms with E-state index in [0.717, 1.165) is 28.2 Å². The minimum absolute atomic E-state index is 0.0807. The van der Waals surface area contributed by atoms with Gasteiger partial charge in [-0.25, -0.2) is 4.98 Å². The Hall–Kier alpha value is -2.14. The number of rotatable bonds is 5. The Morgan fingerprint density at radius 3 is 3.00 bits per heavy atom. The van der Waals surface area contributed by atoms with Gasteiger partial charge in [-0.05, 0) is 42.5 Å². The highest BCUT2D eigenvalue weighted by Gasteiger charge is 2.06. The third-order valence-electron chi connectivity index (χ3n) is 3.82. The van der Waals surface area contributed by atoms with Gasteiger partial charge in [-0.3, -0.25) is 4.79 Å². The van der Waals surface area contributed by atoms with Crippen LogP contribution >= 0.6 is 11.3 Å². The van der Waals surface area contributed by atoms with Crippen molar-refractivity contribution >= 4 is 28.3 Å². The van der Waals surface area contributed by atoms with E-state index in [0.29, 0.717) is 13.0 Å². The molecule has 1 aromatic carbocycles. The molecule has 0 spiro atoms. The van der Waals surface area contributed by atoms with Gasteiger partial charge in [0.05, 0.1) is 17.5 Å². The van der Waals surface area contributed by atoms with Crippen molar-refractivity contribution in [3.63, 3.8) is 0 Å². The summed E-state index contributed by atoms with van der Waals surface area (Å²) in [5.41, 5.74) is 3.35. The molecule has 3 aromatic rings. The number of aryl methyl sites for hydroxylation is 2. The van der Waals surface area contributed by atoms with E-state index in [1.807, 2.05) is 31.5 Å². The van der Waals surface area contributed by atoms with Crippen LogP contribution < -0.4 is 5.32 Å². The maximum Gasteiger partial charge on any atom is 0.225 e. The Kier molecular flexibility index (Phi) is 4.24. The zero-order valence-corrected chi connectivity index (χ0v) is 13.6. The summed E-state index contributed by atoms with van der Waals surface area (Å²) >= 11 is 1.61. The predicted molar refractivity (Wildman–Crippen MR) is 90.2 cm³/mol. The van der Waals surface area contributed by atoms with Crippen LogP contribution in [0.4, 0.5) is 0 Å². The van der Waals surface area contributed by atoms with Gasteiger partial charge in [-0.15, -0.1) is 11.3 Å². The molecular weight excluding hydrogens is 294 g/mol. The fraction of sp³-hybridized carbons (Fsp3) is 0.294. The van der Waals surface area contributed by atoms with Crippen molar-refractivity contribution in [3.8, 4) is 0 Å². The van der Waals surface area contributed by atoms with E-state index in [4.69, 9.17) is 0 Å². The standard InChI is InChI=1S/C17H19N3OS/c1-12-19-15-10-13(5-6-16(15)20(12)2)7-8-18-17(21)11-14-4-3-9-22-14/h3-6,9-10H,7-8,11H2,1-2H3,(H,18,21). The number of amides is 1. The topological polar surface area (TPSA) is 46.9 Å². The largest absolute Gasteiger partial charge is 0.355 e. The number of hydrogen-bond acceptors (Lipinski definition) is 3. The Bertz CT molecular complexity index is 790. The monoisotopic (exact) mass is 313 g/mol. The number of thiophene rings is 1. The van der Waals surface area contributed by atoms with Crippen molar-refractivity contribution in [2.45, 2.75) is 19.8 Å². The van der Waals surface area contributed by atoms with Crippen molar-refractivity contribution in [3.05, 3.63) is 52.0 Å². The summed E-state index contributed by atoms with van der Waals surface area (Å²) < 4.78 is 2.09. The van der Waals surface area contributed by atoms with E-state index >= 15 is 0 Å². The number of benzene rings is 1. The molecule has 0 aliphatic carbocycles. The van der Waals surface area contributed by atoms with Crippen LogP contribution in [0.3, 0.4) is 0 Å². The second kappa shape index (κ2) is 6.32. The maximum absolute atomic E-state index is 11.8. The van der Waals surface area contributed by atoms with Crippen LogP contribution in [0.25, 0.3) is 11.0 Å². The highest BCUT2D eigenvalue weighted by Crippen LogP contribution is 2.16. The Balaban J connectivity index is 1.56. The lowest BCUT2D eigenvalue weighted by Crippen LogP contribution is -2.26. The first-order valence-electron chi connectivity index (χ1n) is 7.34. The SMILES string of the molecule is Cc1nc2cc(CCNC(=O)Cc3cccs3)ccc2n1C. The van der Waals surface area contributed by atoms with Crippen molar-refractivity contribution in [1.82, 2.24) is 14.9 Å². The van der Waals surface area contributed by atoms with Gasteiger partial charge >= 0.3 is 0 Å². The quantitative estimate of drug-likeness (QED) is 0.787. The molecule has 114 valence electrons. The summed E-state index contributed by atoms with van der Waals surface area (Å²) in [6.07, 6.45) is 1.29. The van der Waals surface area contributed by atoms with Crippen LogP contribution in [0.1, 0.15) is 16.3 Å². The zero-order chi connectivity index (χ0) is 15.5. The van der Waals surface area contributed by atoms with Gasteiger partial charge in [0, 0.05) is 18.5 Å². The molecule has 5 heteroatoms. The van der Waals surface area contributed by atoms with Gasteiger partial charge in [0.2, 0.25) is 5.91 Å². The second-order valence-corrected chi connectivity index (χ2v) is 6.43. The third-order valence-corrected chi connectivity index (χ3v) is 4.70. The number of imidazole rings is 1. The van der Waals surface area contributed by atoms with Crippen molar-refractivity contribution in [2.75, 3.05) is 6.54 Å². The van der Waals surface area contributed by atoms with Crippen LogP contribution in [0.15, 0.2) is 35.7 Å². The molecule has 3 rings (SSSR count). The van der Waals surface area contributed by atoms with E-state index in [1.54, 1.807) is 11.3 Å².